The van der Waals surface area contributed by atoms with Crippen LogP contribution in [-0.4, -0.2) is 25.9 Å². The number of carbonyl (C=O) groups is 1. The van der Waals surface area contributed by atoms with E-state index in [1.165, 1.54) is 25.7 Å². The second-order valence-corrected chi connectivity index (χ2v) is 3.64. The molecule has 1 atom stereocenters. The average molecular weight is 228 g/mol. The summed E-state index contributed by atoms with van der Waals surface area (Å²) in [7, 11) is 0. The molecule has 0 aliphatic carbocycles. The first-order chi connectivity index (χ1) is 7.57. The van der Waals surface area contributed by atoms with Gasteiger partial charge in [-0.2, -0.15) is 0 Å². The Morgan fingerprint density at radius 1 is 1.44 bits per heavy atom. The topological polar surface area (TPSA) is 75.4 Å². The smallest absolute Gasteiger partial charge is 0.450 e. The molecule has 0 saturated carbocycles. The largest absolute Gasteiger partial charge is 0.503 e. The Hall–Kier alpha value is -1.52. The minimum atomic E-state index is -1.83. The average Bonchev–Trinajstić information content (AvgIpc) is 2.69. The third kappa shape index (κ3) is 7.84. The first-order valence-electron chi connectivity index (χ1n) is 5.47. The van der Waals surface area contributed by atoms with Gasteiger partial charge in [0.1, 0.15) is 0 Å². The molecule has 1 unspecified atom stereocenters. The summed E-state index contributed by atoms with van der Waals surface area (Å²) in [4.78, 5) is 12.6. The lowest BCUT2D eigenvalue weighted by molar-refractivity contribution is 0.137. The van der Waals surface area contributed by atoms with E-state index >= 15 is 0 Å². The highest BCUT2D eigenvalue weighted by Crippen LogP contribution is 2.13. The van der Waals surface area contributed by atoms with Crippen LogP contribution < -0.4 is 0 Å². The van der Waals surface area contributed by atoms with Gasteiger partial charge in [-0.15, -0.1) is 0 Å². The molecule has 0 aromatic carbocycles. The molecule has 1 rings (SSSR count). The van der Waals surface area contributed by atoms with Crippen molar-refractivity contribution < 1.29 is 15.0 Å². The lowest BCUT2D eigenvalue weighted by Gasteiger charge is -2.11. The highest BCUT2D eigenvalue weighted by atomic mass is 16.6. The number of nitrogens with zero attached hydrogens (tertiary/aromatic N) is 2. The molecule has 5 nitrogen and oxygen atoms in total. The molecule has 5 heteroatoms. The fourth-order valence-electron chi connectivity index (χ4n) is 1.37. The van der Waals surface area contributed by atoms with Crippen LogP contribution in [0.5, 0.6) is 0 Å². The highest BCUT2D eigenvalue weighted by molar-refractivity contribution is 5.53. The van der Waals surface area contributed by atoms with Gasteiger partial charge in [-0.1, -0.05) is 26.2 Å². The van der Waals surface area contributed by atoms with Gasteiger partial charge >= 0.3 is 6.16 Å². The molecule has 0 spiro atoms. The Labute approximate surface area is 95.7 Å². The first kappa shape index (κ1) is 14.5. The maximum Gasteiger partial charge on any atom is 0.503 e. The molecule has 0 saturated heterocycles. The van der Waals surface area contributed by atoms with E-state index < -0.39 is 6.16 Å². The first-order valence-corrected chi connectivity index (χ1v) is 5.47. The molecule has 2 N–H and O–H groups in total. The van der Waals surface area contributed by atoms with Gasteiger partial charge < -0.3 is 14.8 Å². The normalized spacial score (nSPS) is 11.4. The highest BCUT2D eigenvalue weighted by Gasteiger charge is 2.01. The predicted molar refractivity (Wildman–Crippen MR) is 61.7 cm³/mol. The van der Waals surface area contributed by atoms with Gasteiger partial charge in [-0.05, 0) is 13.3 Å². The maximum atomic E-state index is 8.56. The zero-order chi connectivity index (χ0) is 12.4. The molecule has 0 radical (unpaired) electrons. The van der Waals surface area contributed by atoms with Crippen molar-refractivity contribution >= 4 is 6.16 Å². The molecule has 92 valence electrons. The van der Waals surface area contributed by atoms with Crippen LogP contribution in [0.2, 0.25) is 0 Å². The van der Waals surface area contributed by atoms with Crippen molar-refractivity contribution in [1.82, 2.24) is 9.55 Å². The van der Waals surface area contributed by atoms with Crippen LogP contribution in [0.4, 0.5) is 4.79 Å². The van der Waals surface area contributed by atoms with Crippen LogP contribution in [0, 0.1) is 0 Å². The van der Waals surface area contributed by atoms with Crippen molar-refractivity contribution in [2.24, 2.45) is 0 Å². The van der Waals surface area contributed by atoms with Crippen molar-refractivity contribution in [2.45, 2.75) is 45.6 Å². The summed E-state index contributed by atoms with van der Waals surface area (Å²) in [6, 6.07) is 0.610. The van der Waals surface area contributed by atoms with E-state index in [9.17, 15) is 0 Å². The number of carboxylic acid groups (broad SMARTS) is 2. The molecule has 0 aliphatic heterocycles. The number of hydrogen-bond acceptors (Lipinski definition) is 2. The second-order valence-electron chi connectivity index (χ2n) is 3.64. The maximum absolute atomic E-state index is 8.56. The molecule has 1 aromatic rings. The minimum absolute atomic E-state index is 0.610. The van der Waals surface area contributed by atoms with Gasteiger partial charge in [-0.3, -0.25) is 0 Å². The molecular formula is C11H20N2O3. The number of aromatic nitrogens is 2. The van der Waals surface area contributed by atoms with Crippen LogP contribution in [0.1, 0.15) is 45.6 Å². The fourth-order valence-corrected chi connectivity index (χ4v) is 1.37. The number of unbranched alkanes of at least 4 members (excludes halogenated alkanes) is 2. The zero-order valence-corrected chi connectivity index (χ0v) is 9.83. The van der Waals surface area contributed by atoms with Gasteiger partial charge in [0.05, 0.1) is 6.33 Å². The zero-order valence-electron chi connectivity index (χ0n) is 9.83. The third-order valence-corrected chi connectivity index (χ3v) is 2.26. The number of rotatable bonds is 5. The third-order valence-electron chi connectivity index (χ3n) is 2.26. The summed E-state index contributed by atoms with van der Waals surface area (Å²) in [5.41, 5.74) is 0. The van der Waals surface area contributed by atoms with Gasteiger partial charge in [0.2, 0.25) is 0 Å². The Morgan fingerprint density at radius 3 is 2.50 bits per heavy atom. The fraction of sp³-hybridized carbons (Fsp3) is 0.636. The monoisotopic (exact) mass is 228 g/mol. The van der Waals surface area contributed by atoms with Crippen molar-refractivity contribution in [3.63, 3.8) is 0 Å². The molecular weight excluding hydrogens is 208 g/mol. The van der Waals surface area contributed by atoms with Crippen LogP contribution in [0.3, 0.4) is 0 Å². The van der Waals surface area contributed by atoms with Crippen LogP contribution >= 0.6 is 0 Å². The molecule has 1 heterocycles. The van der Waals surface area contributed by atoms with Crippen LogP contribution in [-0.2, 0) is 0 Å². The Kier molecular flexibility index (Phi) is 7.93. The van der Waals surface area contributed by atoms with Crippen molar-refractivity contribution in [3.8, 4) is 0 Å². The van der Waals surface area contributed by atoms with Crippen molar-refractivity contribution in [2.75, 3.05) is 0 Å². The van der Waals surface area contributed by atoms with Gasteiger partial charge in [0.25, 0.3) is 0 Å². The molecule has 0 fully saturated rings. The lowest BCUT2D eigenvalue weighted by atomic mass is 10.1. The second kappa shape index (κ2) is 8.76. The van der Waals surface area contributed by atoms with E-state index in [0.717, 1.165) is 0 Å². The van der Waals surface area contributed by atoms with Crippen molar-refractivity contribution in [1.29, 1.82) is 0 Å². The summed E-state index contributed by atoms with van der Waals surface area (Å²) >= 11 is 0. The summed E-state index contributed by atoms with van der Waals surface area (Å²) < 4.78 is 2.18. The lowest BCUT2D eigenvalue weighted by Crippen LogP contribution is -2.01. The summed E-state index contributed by atoms with van der Waals surface area (Å²) in [6.45, 7) is 4.49. The standard InChI is InChI=1S/C10H18N2.CH2O3/c1-3-4-5-6-10(2)12-8-7-11-9-12;2-1(3)4/h7-10H,3-6H2,1-2H3;(H2,2,3,4). The van der Waals surface area contributed by atoms with E-state index in [4.69, 9.17) is 15.0 Å². The summed E-state index contributed by atoms with van der Waals surface area (Å²) in [6.07, 6.45) is 9.19. The van der Waals surface area contributed by atoms with E-state index in [1.807, 2.05) is 18.7 Å². The molecule has 16 heavy (non-hydrogen) atoms. The number of imidazole rings is 1. The molecule has 0 amide bonds. The molecule has 0 aliphatic rings. The minimum Gasteiger partial charge on any atom is -0.450 e. The summed E-state index contributed by atoms with van der Waals surface area (Å²) in [5.74, 6) is 0. The van der Waals surface area contributed by atoms with Gasteiger partial charge in [-0.25, -0.2) is 9.78 Å². The van der Waals surface area contributed by atoms with E-state index in [-0.39, 0.29) is 0 Å². The number of hydrogen-bond donors (Lipinski definition) is 2. The SMILES string of the molecule is CCCCCC(C)n1ccnc1.O=C(O)O. The molecule has 0 bridgehead atoms. The van der Waals surface area contributed by atoms with E-state index in [0.29, 0.717) is 6.04 Å². The Balaban J connectivity index is 0.000000487. The predicted octanol–water partition coefficient (Wildman–Crippen LogP) is 3.25. The summed E-state index contributed by atoms with van der Waals surface area (Å²) in [5, 5.41) is 13.9. The van der Waals surface area contributed by atoms with Gasteiger partial charge in [0.15, 0.2) is 0 Å². The van der Waals surface area contributed by atoms with E-state index in [1.54, 1.807) is 0 Å². The Bertz CT molecular complexity index is 269. The quantitative estimate of drug-likeness (QED) is 0.758. The molecule has 1 aromatic heterocycles. The van der Waals surface area contributed by atoms with E-state index in [2.05, 4.69) is 23.4 Å². The Morgan fingerprint density at radius 2 is 2.06 bits per heavy atom. The van der Waals surface area contributed by atoms with Crippen molar-refractivity contribution in [3.05, 3.63) is 18.7 Å². The van der Waals surface area contributed by atoms with Gasteiger partial charge in [0, 0.05) is 18.4 Å². The van der Waals surface area contributed by atoms with Crippen LogP contribution in [0.25, 0.3) is 0 Å². The van der Waals surface area contributed by atoms with Crippen LogP contribution in [0.15, 0.2) is 18.7 Å².